The molecule has 8 nitrogen and oxygen atoms in total. The van der Waals surface area contributed by atoms with E-state index >= 15 is 0 Å². The van der Waals surface area contributed by atoms with Crippen LogP contribution in [0.15, 0.2) is 17.6 Å². The molecule has 0 aromatic carbocycles. The maximum Gasteiger partial charge on any atom is 0.229 e. The number of hydrogen-bond donors (Lipinski definition) is 1. The molecule has 1 saturated heterocycles. The molecule has 3 rings (SSSR count). The van der Waals surface area contributed by atoms with E-state index in [1.807, 2.05) is 31.7 Å². The summed E-state index contributed by atoms with van der Waals surface area (Å²) in [7, 11) is 1.94. The zero-order chi connectivity index (χ0) is 18.7. The van der Waals surface area contributed by atoms with Crippen LogP contribution in [0, 0.1) is 5.92 Å². The Bertz CT molecular complexity index is 787. The van der Waals surface area contributed by atoms with Gasteiger partial charge in [0.25, 0.3) is 0 Å². The molecule has 2 amide bonds. The Morgan fingerprint density at radius 3 is 2.92 bits per heavy atom. The molecule has 0 bridgehead atoms. The molecule has 140 valence electrons. The lowest BCUT2D eigenvalue weighted by Gasteiger charge is -2.12. The first-order valence-electron chi connectivity index (χ1n) is 8.47. The van der Waals surface area contributed by atoms with Gasteiger partial charge in [0.05, 0.1) is 5.92 Å². The normalized spacial score (nSPS) is 17.3. The summed E-state index contributed by atoms with van der Waals surface area (Å²) in [6, 6.07) is 0. The Kier molecular flexibility index (Phi) is 5.92. The van der Waals surface area contributed by atoms with Crippen LogP contribution in [-0.2, 0) is 16.6 Å². The lowest BCUT2D eigenvalue weighted by Crippen LogP contribution is -2.34. The zero-order valence-corrected chi connectivity index (χ0v) is 16.6. The van der Waals surface area contributed by atoms with Gasteiger partial charge in [0.2, 0.25) is 16.9 Å². The minimum atomic E-state index is -0.341. The molecule has 2 aromatic rings. The molecule has 10 heteroatoms. The van der Waals surface area contributed by atoms with Gasteiger partial charge in [-0.1, -0.05) is 36.9 Å². The van der Waals surface area contributed by atoms with E-state index in [1.165, 1.54) is 11.3 Å². The predicted octanol–water partition coefficient (Wildman–Crippen LogP) is 1.66. The number of imidazole rings is 1. The third-order valence-corrected chi connectivity index (χ3v) is 6.37. The number of rotatable bonds is 7. The van der Waals surface area contributed by atoms with Crippen molar-refractivity contribution in [1.82, 2.24) is 25.1 Å². The Morgan fingerprint density at radius 1 is 1.46 bits per heavy atom. The number of hydrogen-bond acceptors (Lipinski definition) is 7. The third-order valence-electron chi connectivity index (χ3n) is 4.06. The highest BCUT2D eigenvalue weighted by Gasteiger charge is 2.36. The standard InChI is InChI=1S/C16H22N6O2S2/c1-10(2)14-19-20-16(26-14)22-9-11(8-12(22)23)13(24)17-5-7-25-15-18-4-6-21(15)3/h4,6,10-11H,5,7-9H2,1-3H3,(H,17,24). The van der Waals surface area contributed by atoms with Crippen LogP contribution in [0.2, 0.25) is 0 Å². The van der Waals surface area contributed by atoms with Gasteiger partial charge < -0.3 is 9.88 Å². The lowest BCUT2D eigenvalue weighted by molar-refractivity contribution is -0.126. The molecule has 2 aromatic heterocycles. The molecule has 0 spiro atoms. The molecule has 1 fully saturated rings. The first-order valence-corrected chi connectivity index (χ1v) is 10.3. The molecular formula is C16H22N6O2S2. The molecule has 0 radical (unpaired) electrons. The topological polar surface area (TPSA) is 93.0 Å². The number of aryl methyl sites for hydroxylation is 1. The van der Waals surface area contributed by atoms with Crippen LogP contribution < -0.4 is 10.2 Å². The van der Waals surface area contributed by atoms with E-state index in [2.05, 4.69) is 20.5 Å². The zero-order valence-electron chi connectivity index (χ0n) is 15.0. The molecular weight excluding hydrogens is 372 g/mol. The number of carbonyl (C=O) groups is 2. The summed E-state index contributed by atoms with van der Waals surface area (Å²) in [5, 5.41) is 13.5. The summed E-state index contributed by atoms with van der Waals surface area (Å²) < 4.78 is 1.94. The Balaban J connectivity index is 1.48. The highest BCUT2D eigenvalue weighted by atomic mass is 32.2. The number of nitrogens with zero attached hydrogens (tertiary/aromatic N) is 5. The Morgan fingerprint density at radius 2 is 2.27 bits per heavy atom. The van der Waals surface area contributed by atoms with E-state index in [4.69, 9.17) is 0 Å². The number of aromatic nitrogens is 4. The average molecular weight is 395 g/mol. The fourth-order valence-electron chi connectivity index (χ4n) is 2.59. The van der Waals surface area contributed by atoms with Crippen LogP contribution in [-0.4, -0.2) is 50.4 Å². The quantitative estimate of drug-likeness (QED) is 0.567. The van der Waals surface area contributed by atoms with Gasteiger partial charge in [-0.3, -0.25) is 14.5 Å². The lowest BCUT2D eigenvalue weighted by atomic mass is 10.1. The van der Waals surface area contributed by atoms with E-state index in [-0.39, 0.29) is 30.1 Å². The fraction of sp³-hybridized carbons (Fsp3) is 0.562. The number of nitrogens with one attached hydrogen (secondary N) is 1. The second-order valence-corrected chi connectivity index (χ2v) is 8.49. The molecule has 26 heavy (non-hydrogen) atoms. The van der Waals surface area contributed by atoms with Gasteiger partial charge in [0, 0.05) is 50.6 Å². The van der Waals surface area contributed by atoms with Gasteiger partial charge in [-0.2, -0.15) is 0 Å². The fourth-order valence-corrected chi connectivity index (χ4v) is 4.25. The Hall–Kier alpha value is -1.94. The van der Waals surface area contributed by atoms with Crippen molar-refractivity contribution in [3.63, 3.8) is 0 Å². The maximum atomic E-state index is 12.4. The summed E-state index contributed by atoms with van der Waals surface area (Å²) in [5.41, 5.74) is 0. The van der Waals surface area contributed by atoms with Crippen molar-refractivity contribution < 1.29 is 9.59 Å². The summed E-state index contributed by atoms with van der Waals surface area (Å²) in [6.07, 6.45) is 3.85. The van der Waals surface area contributed by atoms with E-state index in [1.54, 1.807) is 22.9 Å². The van der Waals surface area contributed by atoms with Crippen LogP contribution >= 0.6 is 23.1 Å². The SMILES string of the molecule is CC(C)c1nnc(N2CC(C(=O)NCCSc3nccn3C)CC2=O)s1. The van der Waals surface area contributed by atoms with Crippen molar-refractivity contribution in [3.05, 3.63) is 17.4 Å². The van der Waals surface area contributed by atoms with Gasteiger partial charge in [-0.25, -0.2) is 4.98 Å². The van der Waals surface area contributed by atoms with Crippen molar-refractivity contribution in [2.75, 3.05) is 23.7 Å². The minimum Gasteiger partial charge on any atom is -0.355 e. The monoisotopic (exact) mass is 394 g/mol. The second-order valence-electron chi connectivity index (χ2n) is 6.44. The summed E-state index contributed by atoms with van der Waals surface area (Å²) in [6.45, 7) is 4.98. The number of carbonyl (C=O) groups excluding carboxylic acids is 2. The van der Waals surface area contributed by atoms with Crippen molar-refractivity contribution >= 4 is 40.0 Å². The highest BCUT2D eigenvalue weighted by Crippen LogP contribution is 2.30. The average Bonchev–Trinajstić information content (AvgIpc) is 3.31. The van der Waals surface area contributed by atoms with Gasteiger partial charge in [-0.15, -0.1) is 10.2 Å². The van der Waals surface area contributed by atoms with Gasteiger partial charge in [0.15, 0.2) is 5.16 Å². The number of amides is 2. The predicted molar refractivity (Wildman–Crippen MR) is 101 cm³/mol. The van der Waals surface area contributed by atoms with E-state index in [9.17, 15) is 9.59 Å². The van der Waals surface area contributed by atoms with Crippen LogP contribution in [0.4, 0.5) is 5.13 Å². The molecule has 0 aliphatic carbocycles. The molecule has 3 heterocycles. The highest BCUT2D eigenvalue weighted by molar-refractivity contribution is 7.99. The molecule has 0 saturated carbocycles. The van der Waals surface area contributed by atoms with Crippen molar-refractivity contribution in [3.8, 4) is 0 Å². The molecule has 1 atom stereocenters. The van der Waals surface area contributed by atoms with E-state index < -0.39 is 0 Å². The smallest absolute Gasteiger partial charge is 0.229 e. The first-order chi connectivity index (χ1) is 12.5. The second kappa shape index (κ2) is 8.17. The summed E-state index contributed by atoms with van der Waals surface area (Å²) >= 11 is 3.00. The maximum absolute atomic E-state index is 12.4. The molecule has 1 unspecified atom stereocenters. The molecule has 1 aliphatic rings. The number of thioether (sulfide) groups is 1. The van der Waals surface area contributed by atoms with Crippen LogP contribution in [0.25, 0.3) is 0 Å². The Labute approximate surface area is 160 Å². The minimum absolute atomic E-state index is 0.0704. The van der Waals surface area contributed by atoms with Crippen molar-refractivity contribution in [1.29, 1.82) is 0 Å². The van der Waals surface area contributed by atoms with Gasteiger partial charge in [0.1, 0.15) is 5.01 Å². The van der Waals surface area contributed by atoms with E-state index in [0.717, 1.165) is 15.9 Å². The third kappa shape index (κ3) is 4.24. The van der Waals surface area contributed by atoms with E-state index in [0.29, 0.717) is 18.2 Å². The number of anilines is 1. The van der Waals surface area contributed by atoms with Crippen molar-refractivity contribution in [2.24, 2.45) is 13.0 Å². The summed E-state index contributed by atoms with van der Waals surface area (Å²) in [4.78, 5) is 30.4. The summed E-state index contributed by atoms with van der Waals surface area (Å²) in [5.74, 6) is 0.505. The largest absolute Gasteiger partial charge is 0.355 e. The van der Waals surface area contributed by atoms with Crippen molar-refractivity contribution in [2.45, 2.75) is 31.3 Å². The van der Waals surface area contributed by atoms with Crippen LogP contribution in [0.1, 0.15) is 31.2 Å². The molecule has 1 aliphatic heterocycles. The van der Waals surface area contributed by atoms with Crippen LogP contribution in [0.3, 0.4) is 0 Å². The van der Waals surface area contributed by atoms with Gasteiger partial charge in [-0.05, 0) is 0 Å². The first kappa shape index (κ1) is 18.8. The molecule has 1 N–H and O–H groups in total. The van der Waals surface area contributed by atoms with Gasteiger partial charge >= 0.3 is 0 Å². The van der Waals surface area contributed by atoms with Crippen LogP contribution in [0.5, 0.6) is 0 Å².